The summed E-state index contributed by atoms with van der Waals surface area (Å²) in [6, 6.07) is 5.63. The Labute approximate surface area is 165 Å². The second-order valence-corrected chi connectivity index (χ2v) is 7.86. The van der Waals surface area contributed by atoms with E-state index in [1.54, 1.807) is 18.2 Å². The Morgan fingerprint density at radius 2 is 1.85 bits per heavy atom. The predicted octanol–water partition coefficient (Wildman–Crippen LogP) is 3.06. The zero-order chi connectivity index (χ0) is 19.2. The van der Waals surface area contributed by atoms with Crippen LogP contribution < -0.4 is 15.4 Å². The highest BCUT2D eigenvalue weighted by Crippen LogP contribution is 2.28. The number of benzene rings is 1. The van der Waals surface area contributed by atoms with Crippen molar-refractivity contribution in [2.75, 3.05) is 32.1 Å². The fourth-order valence-electron chi connectivity index (χ4n) is 4.07. The predicted molar refractivity (Wildman–Crippen MR) is 106 cm³/mol. The average molecular weight is 394 g/mol. The van der Waals surface area contributed by atoms with E-state index in [0.29, 0.717) is 28.9 Å². The highest BCUT2D eigenvalue weighted by atomic mass is 35.5. The monoisotopic (exact) mass is 393 g/mol. The molecule has 0 radical (unpaired) electrons. The summed E-state index contributed by atoms with van der Waals surface area (Å²) in [6.07, 6.45) is 7.50. The number of carbonyl (C=O) groups excluding carboxylic acids is 2. The Hall–Kier alpha value is -1.79. The first-order valence-corrected chi connectivity index (χ1v) is 10.1. The third kappa shape index (κ3) is 5.36. The molecule has 0 bridgehead atoms. The first-order valence-electron chi connectivity index (χ1n) is 9.73. The summed E-state index contributed by atoms with van der Waals surface area (Å²) in [5.41, 5.74) is 0.384. The first kappa shape index (κ1) is 20.0. The van der Waals surface area contributed by atoms with Crippen molar-refractivity contribution in [2.45, 2.75) is 44.6 Å². The van der Waals surface area contributed by atoms with Gasteiger partial charge in [-0.25, -0.2) is 0 Å². The summed E-state index contributed by atoms with van der Waals surface area (Å²) in [4.78, 5) is 26.9. The van der Waals surface area contributed by atoms with Gasteiger partial charge in [0.2, 0.25) is 0 Å². The minimum atomic E-state index is -0.709. The van der Waals surface area contributed by atoms with Crippen LogP contribution in [0, 0.1) is 5.92 Å². The number of carbonyl (C=O) groups is 2. The maximum absolute atomic E-state index is 12.2. The molecule has 148 valence electrons. The van der Waals surface area contributed by atoms with Gasteiger partial charge in [0.15, 0.2) is 0 Å². The van der Waals surface area contributed by atoms with E-state index in [4.69, 9.17) is 16.3 Å². The third-order valence-corrected chi connectivity index (χ3v) is 5.89. The Bertz CT molecular complexity index is 668. The molecule has 1 saturated heterocycles. The molecule has 0 atom stereocenters. The second kappa shape index (κ2) is 9.42. The molecule has 2 fully saturated rings. The topological polar surface area (TPSA) is 70.7 Å². The molecule has 1 heterocycles. The molecular formula is C20H28ClN3O3. The van der Waals surface area contributed by atoms with Crippen molar-refractivity contribution in [3.05, 3.63) is 23.2 Å². The minimum absolute atomic E-state index is 0.384. The molecule has 1 saturated carbocycles. The normalized spacial score (nSPS) is 19.0. The lowest BCUT2D eigenvalue weighted by molar-refractivity contribution is -0.136. The van der Waals surface area contributed by atoms with Crippen molar-refractivity contribution < 1.29 is 14.3 Å². The molecule has 1 aromatic carbocycles. The van der Waals surface area contributed by atoms with Crippen molar-refractivity contribution in [3.63, 3.8) is 0 Å². The standard InChI is InChI=1S/C20H28ClN3O3/c1-27-18-7-6-15(21)12-17(18)23-20(26)19(25)22-13-14-8-10-24(11-9-14)16-4-2-3-5-16/h6-7,12,14,16H,2-5,8-11,13H2,1H3,(H,22,25)(H,23,26). The number of nitrogens with one attached hydrogen (secondary N) is 2. The van der Waals surface area contributed by atoms with Crippen molar-refractivity contribution in [2.24, 2.45) is 5.92 Å². The van der Waals surface area contributed by atoms with Gasteiger partial charge in [-0.2, -0.15) is 0 Å². The zero-order valence-corrected chi connectivity index (χ0v) is 16.6. The van der Waals surface area contributed by atoms with Crippen LogP contribution in [0.3, 0.4) is 0 Å². The molecule has 2 amide bonds. The number of likely N-dealkylation sites (tertiary alicyclic amines) is 1. The molecule has 2 N–H and O–H groups in total. The maximum atomic E-state index is 12.2. The number of anilines is 1. The van der Waals surface area contributed by atoms with E-state index in [-0.39, 0.29) is 0 Å². The summed E-state index contributed by atoms with van der Waals surface area (Å²) in [5.74, 6) is -0.450. The van der Waals surface area contributed by atoms with Gasteiger partial charge in [0.05, 0.1) is 12.8 Å². The molecule has 27 heavy (non-hydrogen) atoms. The largest absolute Gasteiger partial charge is 0.495 e. The summed E-state index contributed by atoms with van der Waals surface area (Å²) >= 11 is 5.95. The van der Waals surface area contributed by atoms with Crippen LogP contribution in [0.25, 0.3) is 0 Å². The Kier molecular flexibility index (Phi) is 6.96. The molecule has 1 aliphatic heterocycles. The molecule has 0 unspecified atom stereocenters. The van der Waals surface area contributed by atoms with Crippen molar-refractivity contribution in [1.29, 1.82) is 0 Å². The Morgan fingerprint density at radius 1 is 1.15 bits per heavy atom. The van der Waals surface area contributed by atoms with Gasteiger partial charge in [0, 0.05) is 17.6 Å². The van der Waals surface area contributed by atoms with Crippen molar-refractivity contribution >= 4 is 29.1 Å². The minimum Gasteiger partial charge on any atom is -0.495 e. The summed E-state index contributed by atoms with van der Waals surface area (Å²) in [7, 11) is 1.50. The smallest absolute Gasteiger partial charge is 0.313 e. The number of ether oxygens (including phenoxy) is 1. The van der Waals surface area contributed by atoms with Crippen LogP contribution in [0.5, 0.6) is 5.75 Å². The van der Waals surface area contributed by atoms with E-state index in [9.17, 15) is 9.59 Å². The van der Waals surface area contributed by atoms with Gasteiger partial charge in [0.25, 0.3) is 0 Å². The van der Waals surface area contributed by atoms with E-state index in [0.717, 1.165) is 32.0 Å². The van der Waals surface area contributed by atoms with Gasteiger partial charge < -0.3 is 20.3 Å². The number of hydrogen-bond acceptors (Lipinski definition) is 4. The van der Waals surface area contributed by atoms with Crippen LogP contribution in [0.4, 0.5) is 5.69 Å². The number of amides is 2. The fourth-order valence-corrected chi connectivity index (χ4v) is 4.24. The molecule has 0 aromatic heterocycles. The third-order valence-electron chi connectivity index (χ3n) is 5.66. The summed E-state index contributed by atoms with van der Waals surface area (Å²) < 4.78 is 5.18. The highest BCUT2D eigenvalue weighted by molar-refractivity contribution is 6.40. The van der Waals surface area contributed by atoms with Crippen LogP contribution in [0.2, 0.25) is 5.02 Å². The van der Waals surface area contributed by atoms with Crippen LogP contribution in [0.15, 0.2) is 18.2 Å². The number of halogens is 1. The molecular weight excluding hydrogens is 366 g/mol. The number of piperidine rings is 1. The molecule has 6 nitrogen and oxygen atoms in total. The van der Waals surface area contributed by atoms with E-state index in [2.05, 4.69) is 15.5 Å². The highest BCUT2D eigenvalue weighted by Gasteiger charge is 2.27. The lowest BCUT2D eigenvalue weighted by Gasteiger charge is -2.36. The molecule has 0 spiro atoms. The SMILES string of the molecule is COc1ccc(Cl)cc1NC(=O)C(=O)NCC1CCN(C2CCCC2)CC1. The van der Waals surface area contributed by atoms with E-state index in [1.165, 1.54) is 32.8 Å². The van der Waals surface area contributed by atoms with Gasteiger partial charge in [0.1, 0.15) is 5.75 Å². The van der Waals surface area contributed by atoms with Gasteiger partial charge in [-0.15, -0.1) is 0 Å². The van der Waals surface area contributed by atoms with Crippen LogP contribution in [-0.4, -0.2) is 49.5 Å². The molecule has 2 aliphatic rings. The van der Waals surface area contributed by atoms with E-state index >= 15 is 0 Å². The quantitative estimate of drug-likeness (QED) is 0.754. The number of rotatable bonds is 5. The van der Waals surface area contributed by atoms with Crippen LogP contribution in [0.1, 0.15) is 38.5 Å². The van der Waals surface area contributed by atoms with Gasteiger partial charge in [-0.1, -0.05) is 24.4 Å². The first-order chi connectivity index (χ1) is 13.1. The van der Waals surface area contributed by atoms with E-state index in [1.807, 2.05) is 0 Å². The Morgan fingerprint density at radius 3 is 2.52 bits per heavy atom. The summed E-state index contributed by atoms with van der Waals surface area (Å²) in [6.45, 7) is 2.73. The van der Waals surface area contributed by atoms with Crippen molar-refractivity contribution in [3.8, 4) is 5.75 Å². The molecule has 1 aromatic rings. The van der Waals surface area contributed by atoms with E-state index < -0.39 is 11.8 Å². The molecule has 7 heteroatoms. The van der Waals surface area contributed by atoms with Crippen molar-refractivity contribution in [1.82, 2.24) is 10.2 Å². The van der Waals surface area contributed by atoms with Crippen LogP contribution in [-0.2, 0) is 9.59 Å². The maximum Gasteiger partial charge on any atom is 0.313 e. The number of hydrogen-bond donors (Lipinski definition) is 2. The number of methoxy groups -OCH3 is 1. The van der Waals surface area contributed by atoms with Crippen LogP contribution >= 0.6 is 11.6 Å². The fraction of sp³-hybridized carbons (Fsp3) is 0.600. The number of nitrogens with zero attached hydrogens (tertiary/aromatic N) is 1. The summed E-state index contributed by atoms with van der Waals surface area (Å²) in [5, 5.41) is 5.79. The average Bonchev–Trinajstić information content (AvgIpc) is 3.21. The molecule has 1 aliphatic carbocycles. The lowest BCUT2D eigenvalue weighted by Crippen LogP contribution is -2.44. The van der Waals surface area contributed by atoms with Gasteiger partial charge >= 0.3 is 11.8 Å². The second-order valence-electron chi connectivity index (χ2n) is 7.43. The molecule has 3 rings (SSSR count). The lowest BCUT2D eigenvalue weighted by atomic mass is 9.95. The van der Waals surface area contributed by atoms with Gasteiger partial charge in [-0.3, -0.25) is 9.59 Å². The Balaban J connectivity index is 1.43. The zero-order valence-electron chi connectivity index (χ0n) is 15.8. The van der Waals surface area contributed by atoms with Gasteiger partial charge in [-0.05, 0) is 62.9 Å².